The largest absolute Gasteiger partial charge is 0.327 e. The highest BCUT2D eigenvalue weighted by Crippen LogP contribution is 2.29. The lowest BCUT2D eigenvalue weighted by atomic mass is 10.1. The Morgan fingerprint density at radius 1 is 1.41 bits per heavy atom. The summed E-state index contributed by atoms with van der Waals surface area (Å²) >= 11 is 6.01. The second kappa shape index (κ2) is 4.17. The molecule has 3 rings (SSSR count). The SMILES string of the molecule is NC1CCCn2c1cnc2-c1cccc(Cl)c1. The molecule has 0 radical (unpaired) electrons. The van der Waals surface area contributed by atoms with Gasteiger partial charge in [0.25, 0.3) is 0 Å². The predicted molar refractivity (Wildman–Crippen MR) is 68.8 cm³/mol. The molecule has 0 fully saturated rings. The van der Waals surface area contributed by atoms with Crippen LogP contribution in [0.5, 0.6) is 0 Å². The summed E-state index contributed by atoms with van der Waals surface area (Å²) in [4.78, 5) is 4.48. The number of benzene rings is 1. The zero-order valence-corrected chi connectivity index (χ0v) is 10.2. The maximum absolute atomic E-state index is 6.08. The van der Waals surface area contributed by atoms with Crippen molar-refractivity contribution >= 4 is 11.6 Å². The number of hydrogen-bond donors (Lipinski definition) is 1. The number of imidazole rings is 1. The Bertz CT molecular complexity index is 547. The Balaban J connectivity index is 2.10. The molecule has 3 nitrogen and oxygen atoms in total. The average Bonchev–Trinajstić information content (AvgIpc) is 2.74. The van der Waals surface area contributed by atoms with Crippen LogP contribution >= 0.6 is 11.6 Å². The van der Waals surface area contributed by atoms with Crippen LogP contribution in [-0.2, 0) is 6.54 Å². The summed E-state index contributed by atoms with van der Waals surface area (Å²) < 4.78 is 2.21. The molecule has 1 unspecified atom stereocenters. The second-order valence-corrected chi connectivity index (χ2v) is 4.85. The van der Waals surface area contributed by atoms with Gasteiger partial charge in [-0.15, -0.1) is 0 Å². The third-order valence-electron chi connectivity index (χ3n) is 3.25. The molecular weight excluding hydrogens is 234 g/mol. The monoisotopic (exact) mass is 247 g/mol. The summed E-state index contributed by atoms with van der Waals surface area (Å²) in [5, 5.41) is 0.736. The standard InChI is InChI=1S/C13H14ClN3/c14-10-4-1-3-9(7-10)13-16-8-12-11(15)5-2-6-17(12)13/h1,3-4,7-8,11H,2,5-6,15H2. The summed E-state index contributed by atoms with van der Waals surface area (Å²) in [5.41, 5.74) is 8.27. The van der Waals surface area contributed by atoms with Crippen LogP contribution in [0.25, 0.3) is 11.4 Å². The van der Waals surface area contributed by atoms with E-state index >= 15 is 0 Å². The molecule has 2 aromatic rings. The lowest BCUT2D eigenvalue weighted by molar-refractivity contribution is 0.466. The van der Waals surface area contributed by atoms with Gasteiger partial charge in [0.1, 0.15) is 5.82 Å². The minimum atomic E-state index is 0.115. The first kappa shape index (κ1) is 10.8. The number of nitrogens with zero attached hydrogens (tertiary/aromatic N) is 2. The molecule has 1 atom stereocenters. The normalized spacial score (nSPS) is 19.1. The highest BCUT2D eigenvalue weighted by molar-refractivity contribution is 6.30. The maximum Gasteiger partial charge on any atom is 0.140 e. The smallest absolute Gasteiger partial charge is 0.140 e. The van der Waals surface area contributed by atoms with Gasteiger partial charge in [0.15, 0.2) is 0 Å². The van der Waals surface area contributed by atoms with Gasteiger partial charge in [-0.25, -0.2) is 4.98 Å². The molecule has 1 aromatic carbocycles. The van der Waals surface area contributed by atoms with Gasteiger partial charge in [-0.3, -0.25) is 0 Å². The van der Waals surface area contributed by atoms with E-state index in [0.29, 0.717) is 0 Å². The minimum Gasteiger partial charge on any atom is -0.327 e. The van der Waals surface area contributed by atoms with Gasteiger partial charge < -0.3 is 10.3 Å². The maximum atomic E-state index is 6.08. The minimum absolute atomic E-state index is 0.115. The predicted octanol–water partition coefficient (Wildman–Crippen LogP) is 3.00. The number of hydrogen-bond acceptors (Lipinski definition) is 2. The van der Waals surface area contributed by atoms with Gasteiger partial charge >= 0.3 is 0 Å². The Kier molecular flexibility index (Phi) is 2.65. The molecular formula is C13H14ClN3. The number of nitrogens with two attached hydrogens (primary N) is 1. The van der Waals surface area contributed by atoms with E-state index in [1.165, 1.54) is 0 Å². The summed E-state index contributed by atoms with van der Waals surface area (Å²) in [7, 11) is 0. The Hall–Kier alpha value is -1.32. The van der Waals surface area contributed by atoms with Crippen LogP contribution in [-0.4, -0.2) is 9.55 Å². The van der Waals surface area contributed by atoms with Crippen LogP contribution in [0.15, 0.2) is 30.5 Å². The van der Waals surface area contributed by atoms with Gasteiger partial charge in [0, 0.05) is 23.2 Å². The molecule has 0 saturated heterocycles. The van der Waals surface area contributed by atoms with Crippen LogP contribution in [0.1, 0.15) is 24.6 Å². The molecule has 2 N–H and O–H groups in total. The fraction of sp³-hybridized carbons (Fsp3) is 0.308. The molecule has 2 heterocycles. The Morgan fingerprint density at radius 3 is 3.12 bits per heavy atom. The van der Waals surface area contributed by atoms with Crippen molar-refractivity contribution < 1.29 is 0 Å². The lowest BCUT2D eigenvalue weighted by Gasteiger charge is -2.22. The first-order valence-corrected chi connectivity index (χ1v) is 6.20. The molecule has 0 saturated carbocycles. The van der Waals surface area contributed by atoms with E-state index in [-0.39, 0.29) is 6.04 Å². The molecule has 88 valence electrons. The van der Waals surface area contributed by atoms with Gasteiger partial charge in [-0.05, 0) is 25.0 Å². The third-order valence-corrected chi connectivity index (χ3v) is 3.48. The average molecular weight is 248 g/mol. The summed E-state index contributed by atoms with van der Waals surface area (Å²) in [6.07, 6.45) is 4.04. The molecule has 17 heavy (non-hydrogen) atoms. The van der Waals surface area contributed by atoms with Crippen molar-refractivity contribution in [2.45, 2.75) is 25.4 Å². The molecule has 4 heteroatoms. The molecule has 1 aliphatic heterocycles. The quantitative estimate of drug-likeness (QED) is 0.842. The number of halogens is 1. The second-order valence-electron chi connectivity index (χ2n) is 4.42. The van der Waals surface area contributed by atoms with Crippen LogP contribution in [0, 0.1) is 0 Å². The van der Waals surface area contributed by atoms with Gasteiger partial charge in [0.05, 0.1) is 11.9 Å². The highest BCUT2D eigenvalue weighted by Gasteiger charge is 2.20. The number of aromatic nitrogens is 2. The molecule has 1 aliphatic rings. The van der Waals surface area contributed by atoms with Gasteiger partial charge in [-0.2, -0.15) is 0 Å². The zero-order valence-electron chi connectivity index (χ0n) is 9.44. The van der Waals surface area contributed by atoms with E-state index in [2.05, 4.69) is 9.55 Å². The summed E-state index contributed by atoms with van der Waals surface area (Å²) in [6, 6.07) is 7.90. The first-order valence-electron chi connectivity index (χ1n) is 5.82. The molecule has 1 aromatic heterocycles. The fourth-order valence-corrected chi connectivity index (χ4v) is 2.59. The molecule has 0 spiro atoms. The van der Waals surface area contributed by atoms with Crippen LogP contribution in [0.3, 0.4) is 0 Å². The summed E-state index contributed by atoms with van der Waals surface area (Å²) in [5.74, 6) is 0.970. The van der Waals surface area contributed by atoms with Crippen molar-refractivity contribution in [3.63, 3.8) is 0 Å². The van der Waals surface area contributed by atoms with E-state index in [1.807, 2.05) is 30.5 Å². The Labute approximate surface area is 105 Å². The number of rotatable bonds is 1. The van der Waals surface area contributed by atoms with Gasteiger partial charge in [0.2, 0.25) is 0 Å². The van der Waals surface area contributed by atoms with Crippen molar-refractivity contribution in [1.29, 1.82) is 0 Å². The van der Waals surface area contributed by atoms with Crippen LogP contribution in [0.4, 0.5) is 0 Å². The number of fused-ring (bicyclic) bond motifs is 1. The van der Waals surface area contributed by atoms with Crippen molar-refractivity contribution in [2.24, 2.45) is 5.73 Å². The fourth-order valence-electron chi connectivity index (χ4n) is 2.39. The zero-order chi connectivity index (χ0) is 11.8. The van der Waals surface area contributed by atoms with Crippen molar-refractivity contribution in [3.05, 3.63) is 41.2 Å². The molecule has 0 aliphatic carbocycles. The van der Waals surface area contributed by atoms with E-state index in [1.54, 1.807) is 0 Å². The first-order chi connectivity index (χ1) is 8.25. The molecule has 0 amide bonds. The van der Waals surface area contributed by atoms with Crippen molar-refractivity contribution in [3.8, 4) is 11.4 Å². The highest BCUT2D eigenvalue weighted by atomic mass is 35.5. The van der Waals surface area contributed by atoms with E-state index in [0.717, 1.165) is 41.5 Å². The van der Waals surface area contributed by atoms with Crippen LogP contribution in [0.2, 0.25) is 5.02 Å². The third kappa shape index (κ3) is 1.85. The van der Waals surface area contributed by atoms with Crippen molar-refractivity contribution in [1.82, 2.24) is 9.55 Å². The van der Waals surface area contributed by atoms with Crippen LogP contribution < -0.4 is 5.73 Å². The lowest BCUT2D eigenvalue weighted by Crippen LogP contribution is -2.21. The van der Waals surface area contributed by atoms with E-state index < -0.39 is 0 Å². The van der Waals surface area contributed by atoms with Crippen molar-refractivity contribution in [2.75, 3.05) is 0 Å². The topological polar surface area (TPSA) is 43.8 Å². The van der Waals surface area contributed by atoms with E-state index in [9.17, 15) is 0 Å². The van der Waals surface area contributed by atoms with Gasteiger partial charge in [-0.1, -0.05) is 23.7 Å². The van der Waals surface area contributed by atoms with E-state index in [4.69, 9.17) is 17.3 Å². The Morgan fingerprint density at radius 2 is 2.29 bits per heavy atom. The molecule has 0 bridgehead atoms. The summed E-state index contributed by atoms with van der Waals surface area (Å²) in [6.45, 7) is 0.991.